The Bertz CT molecular complexity index is 950. The molecule has 1 aromatic heterocycles. The van der Waals surface area contributed by atoms with E-state index in [1.807, 2.05) is 54.3 Å². The van der Waals surface area contributed by atoms with Gasteiger partial charge >= 0.3 is 0 Å². The van der Waals surface area contributed by atoms with Crippen LogP contribution in [0.4, 0.5) is 4.39 Å². The normalized spacial score (nSPS) is 17.5. The van der Waals surface area contributed by atoms with Crippen LogP contribution in [0.3, 0.4) is 0 Å². The minimum Gasteiger partial charge on any atom is -0.351 e. The third kappa shape index (κ3) is 4.51. The molecule has 1 saturated heterocycles. The van der Waals surface area contributed by atoms with Crippen molar-refractivity contribution in [2.45, 2.75) is 26.3 Å². The van der Waals surface area contributed by atoms with Gasteiger partial charge in [0.2, 0.25) is 0 Å². The summed E-state index contributed by atoms with van der Waals surface area (Å²) in [5.74, 6) is 0.317. The molecule has 1 amide bonds. The van der Waals surface area contributed by atoms with Crippen LogP contribution in [0.2, 0.25) is 0 Å². The van der Waals surface area contributed by atoms with Gasteiger partial charge in [-0.3, -0.25) is 9.69 Å². The van der Waals surface area contributed by atoms with Crippen molar-refractivity contribution in [2.24, 2.45) is 5.92 Å². The maximum atomic E-state index is 14.0. The summed E-state index contributed by atoms with van der Waals surface area (Å²) < 4.78 is 14.0. The lowest BCUT2D eigenvalue weighted by Gasteiger charge is -2.35. The Hall–Kier alpha value is -2.66. The third-order valence-electron chi connectivity index (χ3n) is 5.86. The van der Waals surface area contributed by atoms with E-state index >= 15 is 0 Å². The molecule has 0 saturated carbocycles. The van der Waals surface area contributed by atoms with Gasteiger partial charge in [0, 0.05) is 42.6 Å². The van der Waals surface area contributed by atoms with Crippen LogP contribution in [-0.4, -0.2) is 46.9 Å². The predicted molar refractivity (Wildman–Crippen MR) is 114 cm³/mol. The first-order chi connectivity index (χ1) is 14.1. The van der Waals surface area contributed by atoms with Crippen LogP contribution in [0.25, 0.3) is 10.9 Å². The summed E-state index contributed by atoms with van der Waals surface area (Å²) in [4.78, 5) is 20.6. The summed E-state index contributed by atoms with van der Waals surface area (Å²) in [5, 5.41) is 1.06. The quantitative estimate of drug-likeness (QED) is 0.660. The van der Waals surface area contributed by atoms with Gasteiger partial charge < -0.3 is 9.88 Å². The molecule has 0 radical (unpaired) electrons. The number of carbonyl (C=O) groups is 1. The second-order valence-electron chi connectivity index (χ2n) is 7.95. The topological polar surface area (TPSA) is 39.3 Å². The fourth-order valence-electron chi connectivity index (χ4n) is 4.34. The lowest BCUT2D eigenvalue weighted by molar-refractivity contribution is 0.0680. The summed E-state index contributed by atoms with van der Waals surface area (Å²) in [6.45, 7) is 5.94. The number of carbonyl (C=O) groups excluding carboxylic acids is 1. The molecule has 2 heterocycles. The van der Waals surface area contributed by atoms with E-state index in [2.05, 4.69) is 9.88 Å². The maximum absolute atomic E-state index is 14.0. The second kappa shape index (κ2) is 8.78. The lowest BCUT2D eigenvalue weighted by Crippen LogP contribution is -2.42. The Morgan fingerprint density at radius 3 is 2.79 bits per heavy atom. The van der Waals surface area contributed by atoms with Crippen LogP contribution in [0.5, 0.6) is 0 Å². The summed E-state index contributed by atoms with van der Waals surface area (Å²) in [6.07, 6.45) is 2.18. The molecular formula is C24H28FN3O. The van der Waals surface area contributed by atoms with Crippen molar-refractivity contribution in [3.63, 3.8) is 0 Å². The summed E-state index contributed by atoms with van der Waals surface area (Å²) in [7, 11) is 0. The molecule has 0 bridgehead atoms. The first-order valence-electron chi connectivity index (χ1n) is 10.5. The number of aromatic amines is 1. The molecule has 3 aromatic rings. The number of hydrogen-bond acceptors (Lipinski definition) is 2. The van der Waals surface area contributed by atoms with Crippen LogP contribution in [-0.2, 0) is 6.54 Å². The van der Waals surface area contributed by atoms with E-state index in [1.54, 1.807) is 6.07 Å². The van der Waals surface area contributed by atoms with Crippen molar-refractivity contribution in [3.05, 3.63) is 71.7 Å². The standard InChI is InChI=1S/C24H28FN3O/c1-2-28(24(29)23-14-19-9-4-6-12-22(19)26-23)16-18-8-7-13-27(15-18)17-20-10-3-5-11-21(20)25/h3-6,9-12,14,18,26H,2,7-8,13,15-17H2,1H3. The average molecular weight is 394 g/mol. The van der Waals surface area contributed by atoms with Gasteiger partial charge in [-0.05, 0) is 50.4 Å². The SMILES string of the molecule is CCN(CC1CCCN(Cc2ccccc2F)C1)C(=O)c1cc2ccccc2[nH]1. The van der Waals surface area contributed by atoms with Gasteiger partial charge in [-0.25, -0.2) is 4.39 Å². The first-order valence-corrected chi connectivity index (χ1v) is 10.5. The van der Waals surface area contributed by atoms with Crippen molar-refractivity contribution >= 4 is 16.8 Å². The molecule has 1 aliphatic rings. The summed E-state index contributed by atoms with van der Waals surface area (Å²) in [5.41, 5.74) is 2.38. The first kappa shape index (κ1) is 19.6. The van der Waals surface area contributed by atoms with Gasteiger partial charge in [0.25, 0.3) is 5.91 Å². The molecule has 1 N–H and O–H groups in total. The van der Waals surface area contributed by atoms with Gasteiger partial charge in [0.1, 0.15) is 11.5 Å². The minimum absolute atomic E-state index is 0.0509. The van der Waals surface area contributed by atoms with Gasteiger partial charge in [-0.1, -0.05) is 36.4 Å². The Morgan fingerprint density at radius 2 is 2.00 bits per heavy atom. The number of fused-ring (bicyclic) bond motifs is 1. The molecule has 152 valence electrons. The van der Waals surface area contributed by atoms with Crippen molar-refractivity contribution in [1.82, 2.24) is 14.8 Å². The summed E-state index contributed by atoms with van der Waals surface area (Å²) >= 11 is 0. The Kier molecular flexibility index (Phi) is 5.95. The van der Waals surface area contributed by atoms with Gasteiger partial charge in [-0.15, -0.1) is 0 Å². The van der Waals surface area contributed by atoms with E-state index in [0.29, 0.717) is 24.7 Å². The molecule has 1 unspecified atom stereocenters. The van der Waals surface area contributed by atoms with Crippen LogP contribution in [0, 0.1) is 11.7 Å². The molecule has 2 aromatic carbocycles. The van der Waals surface area contributed by atoms with Gasteiger partial charge in [0.05, 0.1) is 0 Å². The molecular weight excluding hydrogens is 365 g/mol. The number of piperidine rings is 1. The van der Waals surface area contributed by atoms with E-state index in [4.69, 9.17) is 0 Å². The number of nitrogens with one attached hydrogen (secondary N) is 1. The molecule has 1 atom stereocenters. The molecule has 1 fully saturated rings. The third-order valence-corrected chi connectivity index (χ3v) is 5.86. The van der Waals surface area contributed by atoms with E-state index in [0.717, 1.165) is 48.9 Å². The fraction of sp³-hybridized carbons (Fsp3) is 0.375. The molecule has 5 heteroatoms. The van der Waals surface area contributed by atoms with Crippen LogP contribution in [0.15, 0.2) is 54.6 Å². The highest BCUT2D eigenvalue weighted by atomic mass is 19.1. The zero-order chi connectivity index (χ0) is 20.2. The number of para-hydroxylation sites is 1. The van der Waals surface area contributed by atoms with Crippen LogP contribution >= 0.6 is 0 Å². The highest BCUT2D eigenvalue weighted by Crippen LogP contribution is 2.22. The number of H-pyrrole nitrogens is 1. The second-order valence-corrected chi connectivity index (χ2v) is 7.95. The lowest BCUT2D eigenvalue weighted by atomic mass is 9.96. The number of amides is 1. The van der Waals surface area contributed by atoms with Gasteiger partial charge in [0.15, 0.2) is 0 Å². The fourth-order valence-corrected chi connectivity index (χ4v) is 4.34. The average Bonchev–Trinajstić information content (AvgIpc) is 3.18. The summed E-state index contributed by atoms with van der Waals surface area (Å²) in [6, 6.07) is 16.9. The zero-order valence-electron chi connectivity index (χ0n) is 16.9. The highest BCUT2D eigenvalue weighted by molar-refractivity contribution is 5.98. The number of nitrogens with zero attached hydrogens (tertiary/aromatic N) is 2. The van der Waals surface area contributed by atoms with E-state index < -0.39 is 0 Å². The number of benzene rings is 2. The van der Waals surface area contributed by atoms with Crippen molar-refractivity contribution in [3.8, 4) is 0 Å². The highest BCUT2D eigenvalue weighted by Gasteiger charge is 2.25. The van der Waals surface area contributed by atoms with Gasteiger partial charge in [-0.2, -0.15) is 0 Å². The number of hydrogen-bond donors (Lipinski definition) is 1. The molecule has 4 rings (SSSR count). The molecule has 29 heavy (non-hydrogen) atoms. The Labute approximate surface area is 171 Å². The van der Waals surface area contributed by atoms with Crippen LogP contribution in [0.1, 0.15) is 35.8 Å². The molecule has 0 aliphatic carbocycles. The Balaban J connectivity index is 1.41. The predicted octanol–water partition coefficient (Wildman–Crippen LogP) is 4.68. The number of halogens is 1. The van der Waals surface area contributed by atoms with E-state index in [9.17, 15) is 9.18 Å². The van der Waals surface area contributed by atoms with Crippen molar-refractivity contribution in [1.29, 1.82) is 0 Å². The molecule has 0 spiro atoms. The Morgan fingerprint density at radius 1 is 1.21 bits per heavy atom. The molecule has 4 nitrogen and oxygen atoms in total. The minimum atomic E-state index is -0.140. The number of rotatable bonds is 6. The monoisotopic (exact) mass is 393 g/mol. The zero-order valence-corrected chi connectivity index (χ0v) is 16.9. The maximum Gasteiger partial charge on any atom is 0.270 e. The van der Waals surface area contributed by atoms with E-state index in [1.165, 1.54) is 6.07 Å². The largest absolute Gasteiger partial charge is 0.351 e. The van der Waals surface area contributed by atoms with Crippen molar-refractivity contribution < 1.29 is 9.18 Å². The molecule has 1 aliphatic heterocycles. The van der Waals surface area contributed by atoms with E-state index in [-0.39, 0.29) is 11.7 Å². The number of aromatic nitrogens is 1. The smallest absolute Gasteiger partial charge is 0.270 e. The number of likely N-dealkylation sites (tertiary alicyclic amines) is 1. The van der Waals surface area contributed by atoms with Crippen molar-refractivity contribution in [2.75, 3.05) is 26.2 Å². The van der Waals surface area contributed by atoms with Crippen LogP contribution < -0.4 is 0 Å².